The van der Waals surface area contributed by atoms with Gasteiger partial charge in [-0.1, -0.05) is 42.5 Å². The first-order valence-corrected chi connectivity index (χ1v) is 9.78. The minimum absolute atomic E-state index is 0.0139. The third kappa shape index (κ3) is 8.94. The molecule has 7 heteroatoms. The van der Waals surface area contributed by atoms with E-state index in [0.717, 1.165) is 27.4 Å². The van der Waals surface area contributed by atoms with E-state index in [9.17, 15) is 9.59 Å². The first kappa shape index (κ1) is 22.0. The summed E-state index contributed by atoms with van der Waals surface area (Å²) in [4.78, 5) is 20.7. The van der Waals surface area contributed by atoms with Crippen LogP contribution in [0, 0.1) is 6.92 Å². The predicted octanol–water partition coefficient (Wildman–Crippen LogP) is 4.45. The number of nitrogens with one attached hydrogen (secondary N) is 1. The van der Waals surface area contributed by atoms with Crippen LogP contribution < -0.4 is 10.1 Å². The van der Waals surface area contributed by atoms with Gasteiger partial charge in [0.2, 0.25) is 0 Å². The van der Waals surface area contributed by atoms with Gasteiger partial charge in [-0.25, -0.2) is 0 Å². The van der Waals surface area contributed by atoms with Crippen LogP contribution in [0.2, 0.25) is 0 Å². The van der Waals surface area contributed by atoms with Gasteiger partial charge in [0.15, 0.2) is 0 Å². The van der Waals surface area contributed by atoms with Crippen molar-refractivity contribution in [3.05, 3.63) is 82.7 Å². The standard InChI is InChI=1S/C15H14O3.C7H9NO2S/c16-15(17)10-12-6-8-14(9-7-12)18-11-13-4-2-1-3-5-13;1-5-2-6(11-4-5)8-3-7(9)10/h1-9H,10-11H2,(H,16,17);2,4,8H,3H2,1H3,(H,9,10). The van der Waals surface area contributed by atoms with Crippen LogP contribution in [-0.2, 0) is 22.6 Å². The number of ether oxygens (including phenoxy) is 1. The SMILES string of the molecule is Cc1csc(NCC(=O)O)c1.O=C(O)Cc1ccc(OCc2ccccc2)cc1. The summed E-state index contributed by atoms with van der Waals surface area (Å²) in [5, 5.41) is 22.6. The van der Waals surface area contributed by atoms with Crippen molar-refractivity contribution in [1.29, 1.82) is 0 Å². The Kier molecular flexibility index (Phi) is 8.72. The summed E-state index contributed by atoms with van der Waals surface area (Å²) >= 11 is 1.52. The average molecular weight is 413 g/mol. The molecule has 152 valence electrons. The molecule has 0 unspecified atom stereocenters. The summed E-state index contributed by atoms with van der Waals surface area (Å²) in [5.74, 6) is -0.919. The van der Waals surface area contributed by atoms with Gasteiger partial charge in [0.25, 0.3) is 0 Å². The molecule has 2 aromatic carbocycles. The summed E-state index contributed by atoms with van der Waals surface area (Å²) < 4.78 is 5.60. The van der Waals surface area contributed by atoms with Gasteiger partial charge >= 0.3 is 11.9 Å². The Morgan fingerprint density at radius 1 is 0.966 bits per heavy atom. The van der Waals surface area contributed by atoms with E-state index in [1.54, 1.807) is 24.3 Å². The number of thiophene rings is 1. The van der Waals surface area contributed by atoms with Gasteiger partial charge in [-0.05, 0) is 47.2 Å². The quantitative estimate of drug-likeness (QED) is 0.505. The van der Waals surface area contributed by atoms with Gasteiger partial charge in [-0.2, -0.15) is 0 Å². The summed E-state index contributed by atoms with van der Waals surface area (Å²) in [6.07, 6.45) is 0.0406. The predicted molar refractivity (Wildman–Crippen MR) is 114 cm³/mol. The Balaban J connectivity index is 0.000000234. The number of aryl methyl sites for hydroxylation is 1. The molecule has 0 atom stereocenters. The van der Waals surface area contributed by atoms with E-state index in [0.29, 0.717) is 6.61 Å². The number of carbonyl (C=O) groups is 2. The highest BCUT2D eigenvalue weighted by molar-refractivity contribution is 7.14. The maximum absolute atomic E-state index is 10.5. The van der Waals surface area contributed by atoms with Crippen molar-refractivity contribution in [2.24, 2.45) is 0 Å². The van der Waals surface area contributed by atoms with Crippen molar-refractivity contribution in [3.8, 4) is 5.75 Å². The van der Waals surface area contributed by atoms with Crippen molar-refractivity contribution >= 4 is 28.3 Å². The number of rotatable bonds is 8. The van der Waals surface area contributed by atoms with E-state index in [2.05, 4.69) is 5.32 Å². The van der Waals surface area contributed by atoms with Gasteiger partial charge in [0, 0.05) is 0 Å². The molecule has 1 heterocycles. The molecule has 3 N–H and O–H groups in total. The molecule has 3 aromatic rings. The fourth-order valence-corrected chi connectivity index (χ4v) is 3.10. The molecule has 0 fully saturated rings. The molecule has 0 saturated heterocycles. The zero-order valence-corrected chi connectivity index (χ0v) is 16.8. The highest BCUT2D eigenvalue weighted by Crippen LogP contribution is 2.18. The lowest BCUT2D eigenvalue weighted by molar-refractivity contribution is -0.136. The molecule has 0 radical (unpaired) electrons. The zero-order chi connectivity index (χ0) is 21.1. The van der Waals surface area contributed by atoms with Crippen molar-refractivity contribution in [1.82, 2.24) is 0 Å². The molecule has 1 aromatic heterocycles. The monoisotopic (exact) mass is 413 g/mol. The summed E-state index contributed by atoms with van der Waals surface area (Å²) in [7, 11) is 0. The van der Waals surface area contributed by atoms with Gasteiger partial charge in [0.05, 0.1) is 11.4 Å². The molecule has 0 aliphatic rings. The van der Waals surface area contributed by atoms with Gasteiger partial charge < -0.3 is 20.3 Å². The van der Waals surface area contributed by atoms with Crippen LogP contribution in [0.4, 0.5) is 5.00 Å². The Morgan fingerprint density at radius 3 is 2.21 bits per heavy atom. The third-order valence-electron chi connectivity index (χ3n) is 3.67. The molecular formula is C22H23NO5S. The molecule has 0 amide bonds. The zero-order valence-electron chi connectivity index (χ0n) is 16.0. The van der Waals surface area contributed by atoms with Crippen molar-refractivity contribution in [2.75, 3.05) is 11.9 Å². The first-order chi connectivity index (χ1) is 13.9. The highest BCUT2D eigenvalue weighted by Gasteiger charge is 2.01. The smallest absolute Gasteiger partial charge is 0.322 e. The molecule has 0 saturated carbocycles. The van der Waals surface area contributed by atoms with E-state index in [1.807, 2.05) is 48.7 Å². The molecule has 3 rings (SSSR count). The minimum Gasteiger partial charge on any atom is -0.489 e. The molecule has 0 spiro atoms. The number of benzene rings is 2. The van der Waals surface area contributed by atoms with Crippen molar-refractivity contribution < 1.29 is 24.5 Å². The van der Waals surface area contributed by atoms with Crippen molar-refractivity contribution in [2.45, 2.75) is 20.0 Å². The molecule has 0 bridgehead atoms. The molecule has 0 aliphatic heterocycles. The van der Waals surface area contributed by atoms with Crippen LogP contribution in [-0.4, -0.2) is 28.7 Å². The fraction of sp³-hybridized carbons (Fsp3) is 0.182. The maximum atomic E-state index is 10.5. The number of hydrogen-bond acceptors (Lipinski definition) is 5. The highest BCUT2D eigenvalue weighted by atomic mass is 32.1. The van der Waals surface area contributed by atoms with E-state index < -0.39 is 11.9 Å². The Hall–Kier alpha value is -3.32. The van der Waals surface area contributed by atoms with Crippen LogP contribution in [0.5, 0.6) is 5.75 Å². The average Bonchev–Trinajstić information content (AvgIpc) is 3.12. The largest absolute Gasteiger partial charge is 0.489 e. The second kappa shape index (κ2) is 11.5. The Labute approximate surface area is 173 Å². The lowest BCUT2D eigenvalue weighted by Crippen LogP contribution is -2.11. The van der Waals surface area contributed by atoms with E-state index >= 15 is 0 Å². The topological polar surface area (TPSA) is 95.9 Å². The van der Waals surface area contributed by atoms with E-state index in [1.165, 1.54) is 11.3 Å². The van der Waals surface area contributed by atoms with Crippen LogP contribution in [0.3, 0.4) is 0 Å². The number of hydrogen-bond donors (Lipinski definition) is 3. The minimum atomic E-state index is -0.837. The van der Waals surface area contributed by atoms with E-state index in [-0.39, 0.29) is 13.0 Å². The number of carboxylic acids is 2. The Morgan fingerprint density at radius 2 is 1.66 bits per heavy atom. The van der Waals surface area contributed by atoms with Crippen LogP contribution in [0.1, 0.15) is 16.7 Å². The molecule has 0 aliphatic carbocycles. The number of aliphatic carboxylic acids is 2. The van der Waals surface area contributed by atoms with Crippen LogP contribution >= 0.6 is 11.3 Å². The summed E-state index contributed by atoms with van der Waals surface area (Å²) in [6, 6.07) is 18.9. The summed E-state index contributed by atoms with van der Waals surface area (Å²) in [5.41, 5.74) is 3.03. The number of carboxylic acid groups (broad SMARTS) is 2. The fourth-order valence-electron chi connectivity index (χ4n) is 2.31. The molecule has 29 heavy (non-hydrogen) atoms. The lowest BCUT2D eigenvalue weighted by Gasteiger charge is -2.06. The van der Waals surface area contributed by atoms with Gasteiger partial charge in [0.1, 0.15) is 18.9 Å². The number of anilines is 1. The van der Waals surface area contributed by atoms with Crippen LogP contribution in [0.15, 0.2) is 66.0 Å². The normalized spacial score (nSPS) is 9.83. The van der Waals surface area contributed by atoms with Crippen molar-refractivity contribution in [3.63, 3.8) is 0 Å². The van der Waals surface area contributed by atoms with E-state index in [4.69, 9.17) is 14.9 Å². The second-order valence-electron chi connectivity index (χ2n) is 6.22. The summed E-state index contributed by atoms with van der Waals surface area (Å²) in [6.45, 7) is 2.47. The van der Waals surface area contributed by atoms with Gasteiger partial charge in [-0.3, -0.25) is 9.59 Å². The molecular weight excluding hydrogens is 390 g/mol. The third-order valence-corrected chi connectivity index (χ3v) is 4.68. The van der Waals surface area contributed by atoms with Gasteiger partial charge in [-0.15, -0.1) is 11.3 Å². The molecule has 6 nitrogen and oxygen atoms in total. The Bertz CT molecular complexity index is 906. The maximum Gasteiger partial charge on any atom is 0.322 e. The van der Waals surface area contributed by atoms with Crippen LogP contribution in [0.25, 0.3) is 0 Å². The lowest BCUT2D eigenvalue weighted by atomic mass is 10.1. The first-order valence-electron chi connectivity index (χ1n) is 8.90. The second-order valence-corrected chi connectivity index (χ2v) is 7.14.